The zero-order chi connectivity index (χ0) is 9.42. The Hall–Kier alpha value is -1.35. The van der Waals surface area contributed by atoms with Gasteiger partial charge in [0.2, 0.25) is 0 Å². The predicted octanol–water partition coefficient (Wildman–Crippen LogP) is 2.36. The lowest BCUT2D eigenvalue weighted by molar-refractivity contribution is 0.194. The van der Waals surface area contributed by atoms with Crippen molar-refractivity contribution in [3.8, 4) is 0 Å². The summed E-state index contributed by atoms with van der Waals surface area (Å²) >= 11 is 0. The summed E-state index contributed by atoms with van der Waals surface area (Å²) in [6, 6.07) is 5.02. The summed E-state index contributed by atoms with van der Waals surface area (Å²) in [5.74, 6) is -0.339. The van der Waals surface area contributed by atoms with Gasteiger partial charge in [-0.15, -0.1) is 0 Å². The Morgan fingerprint density at radius 2 is 2.15 bits per heavy atom. The summed E-state index contributed by atoms with van der Waals surface area (Å²) in [6.45, 7) is 1.55. The number of aromatic nitrogens is 1. The van der Waals surface area contributed by atoms with Gasteiger partial charge in [0.25, 0.3) is 0 Å². The highest BCUT2D eigenvalue weighted by molar-refractivity contribution is 5.80. The monoisotopic (exact) mass is 179 g/mol. The molecule has 2 rings (SSSR count). The molecule has 0 aliphatic heterocycles. The number of aromatic amines is 1. The molecule has 0 amide bonds. The van der Waals surface area contributed by atoms with Gasteiger partial charge >= 0.3 is 0 Å². The third-order valence-corrected chi connectivity index (χ3v) is 2.15. The van der Waals surface area contributed by atoms with E-state index in [0.717, 1.165) is 5.52 Å². The van der Waals surface area contributed by atoms with Gasteiger partial charge < -0.3 is 10.1 Å². The van der Waals surface area contributed by atoms with Crippen molar-refractivity contribution in [2.75, 3.05) is 0 Å². The Balaban J connectivity index is 2.73. The summed E-state index contributed by atoms with van der Waals surface area (Å²) in [5, 5.41) is 9.78. The number of nitrogens with one attached hydrogen (secondary N) is 1. The van der Waals surface area contributed by atoms with Crippen LogP contribution in [-0.2, 0) is 0 Å². The van der Waals surface area contributed by atoms with E-state index in [1.165, 1.54) is 0 Å². The Labute approximate surface area is 75.0 Å². The van der Waals surface area contributed by atoms with Crippen LogP contribution >= 0.6 is 0 Å². The molecule has 0 saturated carbocycles. The van der Waals surface area contributed by atoms with E-state index in [2.05, 4.69) is 4.98 Å². The SMILES string of the molecule is CC(O)c1ccc2[nH]ccc2c1F. The average Bonchev–Trinajstić information content (AvgIpc) is 2.52. The van der Waals surface area contributed by atoms with Gasteiger partial charge in [-0.05, 0) is 19.1 Å². The second-order valence-electron chi connectivity index (χ2n) is 3.08. The smallest absolute Gasteiger partial charge is 0.138 e. The van der Waals surface area contributed by atoms with Gasteiger partial charge in [0.15, 0.2) is 0 Å². The zero-order valence-electron chi connectivity index (χ0n) is 7.21. The first-order valence-corrected chi connectivity index (χ1v) is 4.13. The summed E-state index contributed by atoms with van der Waals surface area (Å²) in [6.07, 6.45) is 0.916. The molecule has 1 aromatic carbocycles. The molecular formula is C10H10FNO. The van der Waals surface area contributed by atoms with Crippen LogP contribution in [0.5, 0.6) is 0 Å². The largest absolute Gasteiger partial charge is 0.389 e. The fourth-order valence-electron chi connectivity index (χ4n) is 1.44. The Kier molecular flexibility index (Phi) is 1.81. The minimum atomic E-state index is -0.765. The molecule has 1 unspecified atom stereocenters. The van der Waals surface area contributed by atoms with E-state index < -0.39 is 6.10 Å². The molecular weight excluding hydrogens is 169 g/mol. The number of H-pyrrole nitrogens is 1. The van der Waals surface area contributed by atoms with E-state index in [9.17, 15) is 9.50 Å². The number of hydrogen-bond donors (Lipinski definition) is 2. The first-order chi connectivity index (χ1) is 6.20. The van der Waals surface area contributed by atoms with Gasteiger partial charge in [-0.3, -0.25) is 0 Å². The van der Waals surface area contributed by atoms with E-state index in [4.69, 9.17) is 0 Å². The van der Waals surface area contributed by atoms with Crippen molar-refractivity contribution < 1.29 is 9.50 Å². The van der Waals surface area contributed by atoms with Gasteiger partial charge in [-0.2, -0.15) is 0 Å². The summed E-state index contributed by atoms with van der Waals surface area (Å²) < 4.78 is 13.6. The molecule has 0 aliphatic rings. The van der Waals surface area contributed by atoms with Crippen LogP contribution in [0.15, 0.2) is 24.4 Å². The minimum Gasteiger partial charge on any atom is -0.389 e. The molecule has 2 aromatic rings. The van der Waals surface area contributed by atoms with Crippen molar-refractivity contribution in [1.29, 1.82) is 0 Å². The lowest BCUT2D eigenvalue weighted by Gasteiger charge is -2.06. The fourth-order valence-corrected chi connectivity index (χ4v) is 1.44. The maximum absolute atomic E-state index is 13.6. The van der Waals surface area contributed by atoms with Gasteiger partial charge in [-0.1, -0.05) is 6.07 Å². The van der Waals surface area contributed by atoms with Crippen LogP contribution < -0.4 is 0 Å². The minimum absolute atomic E-state index is 0.339. The molecule has 1 aromatic heterocycles. The molecule has 13 heavy (non-hydrogen) atoms. The van der Waals surface area contributed by atoms with E-state index >= 15 is 0 Å². The van der Waals surface area contributed by atoms with E-state index in [-0.39, 0.29) is 5.82 Å². The summed E-state index contributed by atoms with van der Waals surface area (Å²) in [4.78, 5) is 2.90. The van der Waals surface area contributed by atoms with Gasteiger partial charge in [-0.25, -0.2) is 4.39 Å². The lowest BCUT2D eigenvalue weighted by atomic mass is 10.1. The average molecular weight is 179 g/mol. The third kappa shape index (κ3) is 1.21. The second kappa shape index (κ2) is 2.85. The van der Waals surface area contributed by atoms with Crippen molar-refractivity contribution in [2.24, 2.45) is 0 Å². The van der Waals surface area contributed by atoms with Crippen molar-refractivity contribution >= 4 is 10.9 Å². The molecule has 1 atom stereocenters. The Morgan fingerprint density at radius 3 is 2.85 bits per heavy atom. The number of hydrogen-bond acceptors (Lipinski definition) is 1. The van der Waals surface area contributed by atoms with Crippen LogP contribution in [0, 0.1) is 5.82 Å². The van der Waals surface area contributed by atoms with Crippen molar-refractivity contribution in [3.63, 3.8) is 0 Å². The van der Waals surface area contributed by atoms with Crippen LogP contribution in [0.3, 0.4) is 0 Å². The van der Waals surface area contributed by atoms with Crippen molar-refractivity contribution in [3.05, 3.63) is 35.8 Å². The Bertz CT molecular complexity index is 433. The number of halogens is 1. The van der Waals surface area contributed by atoms with Crippen LogP contribution in [0.1, 0.15) is 18.6 Å². The normalized spacial score (nSPS) is 13.5. The second-order valence-corrected chi connectivity index (χ2v) is 3.08. The molecule has 0 bridgehead atoms. The molecule has 0 fully saturated rings. The molecule has 2 N–H and O–H groups in total. The molecule has 3 heteroatoms. The first kappa shape index (κ1) is 8.26. The molecule has 1 heterocycles. The number of rotatable bonds is 1. The predicted molar refractivity (Wildman–Crippen MR) is 48.9 cm³/mol. The maximum Gasteiger partial charge on any atom is 0.138 e. The molecule has 0 saturated heterocycles. The highest BCUT2D eigenvalue weighted by Crippen LogP contribution is 2.24. The quantitative estimate of drug-likeness (QED) is 0.692. The molecule has 0 aliphatic carbocycles. The highest BCUT2D eigenvalue weighted by Gasteiger charge is 2.11. The lowest BCUT2D eigenvalue weighted by Crippen LogP contribution is -1.95. The standard InChI is InChI=1S/C10H10FNO/c1-6(13)7-2-3-9-8(10(7)11)4-5-12-9/h2-6,12-13H,1H3. The van der Waals surface area contributed by atoms with E-state index in [1.807, 2.05) is 0 Å². The van der Waals surface area contributed by atoms with Crippen LogP contribution in [-0.4, -0.2) is 10.1 Å². The number of aliphatic hydroxyl groups is 1. The molecule has 2 nitrogen and oxygen atoms in total. The van der Waals surface area contributed by atoms with Gasteiger partial charge in [0, 0.05) is 22.7 Å². The number of benzene rings is 1. The number of aliphatic hydroxyl groups excluding tert-OH is 1. The van der Waals surface area contributed by atoms with E-state index in [0.29, 0.717) is 10.9 Å². The van der Waals surface area contributed by atoms with Crippen molar-refractivity contribution in [1.82, 2.24) is 4.98 Å². The molecule has 0 radical (unpaired) electrons. The number of fused-ring (bicyclic) bond motifs is 1. The summed E-state index contributed by atoms with van der Waals surface area (Å²) in [7, 11) is 0. The third-order valence-electron chi connectivity index (χ3n) is 2.15. The highest BCUT2D eigenvalue weighted by atomic mass is 19.1. The molecule has 0 spiro atoms. The van der Waals surface area contributed by atoms with E-state index in [1.54, 1.807) is 31.3 Å². The maximum atomic E-state index is 13.6. The summed E-state index contributed by atoms with van der Waals surface area (Å²) in [5.41, 5.74) is 1.09. The fraction of sp³-hybridized carbons (Fsp3) is 0.200. The van der Waals surface area contributed by atoms with Crippen LogP contribution in [0.25, 0.3) is 10.9 Å². The molecule has 68 valence electrons. The first-order valence-electron chi connectivity index (χ1n) is 4.13. The Morgan fingerprint density at radius 1 is 1.38 bits per heavy atom. The zero-order valence-corrected chi connectivity index (χ0v) is 7.21. The van der Waals surface area contributed by atoms with Gasteiger partial charge in [0.05, 0.1) is 6.10 Å². The topological polar surface area (TPSA) is 36.0 Å². The van der Waals surface area contributed by atoms with Crippen LogP contribution in [0.4, 0.5) is 4.39 Å². The van der Waals surface area contributed by atoms with Crippen molar-refractivity contribution in [2.45, 2.75) is 13.0 Å². The van der Waals surface area contributed by atoms with Crippen LogP contribution in [0.2, 0.25) is 0 Å². The van der Waals surface area contributed by atoms with Gasteiger partial charge in [0.1, 0.15) is 5.82 Å².